The molecule has 0 saturated carbocycles. The average Bonchev–Trinajstić information content (AvgIpc) is 3.05. The Morgan fingerprint density at radius 2 is 1.93 bits per heavy atom. The SMILES string of the molecule is COc1ccc(C)c(S(=O)(=O)NC(=O)c2cn(C)c(-c3cccc(Cl)c3Cl)n2)c1. The molecule has 3 rings (SSSR count). The van der Waals surface area contributed by atoms with Crippen LogP contribution in [0.1, 0.15) is 16.1 Å². The van der Waals surface area contributed by atoms with Crippen molar-refractivity contribution in [2.24, 2.45) is 7.05 Å². The minimum Gasteiger partial charge on any atom is -0.497 e. The van der Waals surface area contributed by atoms with Gasteiger partial charge in [0.05, 0.1) is 22.1 Å². The molecule has 3 aromatic rings. The fraction of sp³-hybridized carbons (Fsp3) is 0.158. The van der Waals surface area contributed by atoms with Crippen LogP contribution in [0.3, 0.4) is 0 Å². The number of ether oxygens (including phenoxy) is 1. The molecule has 0 aliphatic heterocycles. The molecular formula is C19H17Cl2N3O4S. The Kier molecular flexibility index (Phi) is 5.88. The zero-order chi connectivity index (χ0) is 21.3. The fourth-order valence-electron chi connectivity index (χ4n) is 2.73. The summed E-state index contributed by atoms with van der Waals surface area (Å²) in [5.74, 6) is -0.135. The largest absolute Gasteiger partial charge is 0.497 e. The first-order valence-electron chi connectivity index (χ1n) is 8.33. The maximum absolute atomic E-state index is 12.7. The maximum atomic E-state index is 12.7. The molecule has 1 heterocycles. The second-order valence-corrected chi connectivity index (χ2v) is 8.66. The van der Waals surface area contributed by atoms with Gasteiger partial charge in [0.25, 0.3) is 15.9 Å². The summed E-state index contributed by atoms with van der Waals surface area (Å²) in [5, 5.41) is 0.628. The van der Waals surface area contributed by atoms with Gasteiger partial charge in [-0.15, -0.1) is 0 Å². The molecule has 0 spiro atoms. The van der Waals surface area contributed by atoms with Crippen molar-refractivity contribution in [3.8, 4) is 17.1 Å². The van der Waals surface area contributed by atoms with Crippen LogP contribution in [0, 0.1) is 6.92 Å². The maximum Gasteiger partial charge on any atom is 0.285 e. The molecular weight excluding hydrogens is 437 g/mol. The van der Waals surface area contributed by atoms with Gasteiger partial charge in [-0.05, 0) is 30.7 Å². The van der Waals surface area contributed by atoms with Crippen LogP contribution in [0.15, 0.2) is 47.5 Å². The number of imidazole rings is 1. The molecule has 7 nitrogen and oxygen atoms in total. The van der Waals surface area contributed by atoms with Gasteiger partial charge in [0, 0.05) is 24.9 Å². The van der Waals surface area contributed by atoms with Crippen LogP contribution in [0.4, 0.5) is 0 Å². The highest BCUT2D eigenvalue weighted by Crippen LogP contribution is 2.32. The number of carbonyl (C=O) groups is 1. The summed E-state index contributed by atoms with van der Waals surface area (Å²) in [6, 6.07) is 9.62. The van der Waals surface area contributed by atoms with Gasteiger partial charge in [-0.25, -0.2) is 18.1 Å². The number of nitrogens with zero attached hydrogens (tertiary/aromatic N) is 2. The first kappa shape index (κ1) is 21.2. The molecule has 1 amide bonds. The van der Waals surface area contributed by atoms with Gasteiger partial charge in [0.15, 0.2) is 0 Å². The Morgan fingerprint density at radius 1 is 1.21 bits per heavy atom. The quantitative estimate of drug-likeness (QED) is 0.633. The molecule has 0 fully saturated rings. The summed E-state index contributed by atoms with van der Waals surface area (Å²) >= 11 is 12.3. The molecule has 10 heteroatoms. The predicted octanol–water partition coefficient (Wildman–Crippen LogP) is 3.83. The number of halogens is 2. The molecule has 0 unspecified atom stereocenters. The van der Waals surface area contributed by atoms with E-state index in [-0.39, 0.29) is 15.6 Å². The Hall–Kier alpha value is -2.55. The van der Waals surface area contributed by atoms with Gasteiger partial charge >= 0.3 is 0 Å². The molecule has 1 N–H and O–H groups in total. The number of nitrogens with one attached hydrogen (secondary N) is 1. The minimum atomic E-state index is -4.13. The van der Waals surface area contributed by atoms with Crippen LogP contribution in [0.2, 0.25) is 10.0 Å². The number of hydrogen-bond donors (Lipinski definition) is 1. The topological polar surface area (TPSA) is 90.3 Å². The molecule has 0 aliphatic carbocycles. The Bertz CT molecular complexity index is 1210. The number of carbonyl (C=O) groups excluding carboxylic acids is 1. The van der Waals surface area contributed by atoms with E-state index in [1.165, 1.54) is 19.4 Å². The van der Waals surface area contributed by atoms with E-state index < -0.39 is 15.9 Å². The van der Waals surface area contributed by atoms with Crippen molar-refractivity contribution in [3.05, 3.63) is 63.9 Å². The van der Waals surface area contributed by atoms with Gasteiger partial charge in [0.2, 0.25) is 0 Å². The minimum absolute atomic E-state index is 0.0563. The number of aryl methyl sites for hydroxylation is 2. The first-order valence-corrected chi connectivity index (χ1v) is 10.6. The number of hydrogen-bond acceptors (Lipinski definition) is 5. The lowest BCUT2D eigenvalue weighted by Crippen LogP contribution is -2.31. The Morgan fingerprint density at radius 3 is 2.62 bits per heavy atom. The van der Waals surface area contributed by atoms with Crippen LogP contribution < -0.4 is 9.46 Å². The second kappa shape index (κ2) is 8.06. The van der Waals surface area contributed by atoms with Crippen LogP contribution in [-0.4, -0.2) is 31.0 Å². The number of methoxy groups -OCH3 is 1. The van der Waals surface area contributed by atoms with Gasteiger partial charge in [-0.3, -0.25) is 4.79 Å². The molecule has 0 radical (unpaired) electrons. The summed E-state index contributed by atoms with van der Waals surface area (Å²) in [5.41, 5.74) is 0.911. The van der Waals surface area contributed by atoms with Crippen molar-refractivity contribution in [1.29, 1.82) is 0 Å². The van der Waals surface area contributed by atoms with Gasteiger partial charge in [-0.2, -0.15) is 0 Å². The second-order valence-electron chi connectivity index (χ2n) is 6.23. The zero-order valence-electron chi connectivity index (χ0n) is 15.7. The lowest BCUT2D eigenvalue weighted by atomic mass is 10.2. The van der Waals surface area contributed by atoms with E-state index in [9.17, 15) is 13.2 Å². The number of amides is 1. The van der Waals surface area contributed by atoms with E-state index in [0.717, 1.165) is 0 Å². The van der Waals surface area contributed by atoms with Crippen molar-refractivity contribution >= 4 is 39.1 Å². The molecule has 1 aromatic heterocycles. The summed E-state index contributed by atoms with van der Waals surface area (Å²) < 4.78 is 34.1. The summed E-state index contributed by atoms with van der Waals surface area (Å²) in [7, 11) is -1.04. The monoisotopic (exact) mass is 453 g/mol. The zero-order valence-corrected chi connectivity index (χ0v) is 18.1. The van der Waals surface area contributed by atoms with Crippen molar-refractivity contribution < 1.29 is 17.9 Å². The molecule has 152 valence electrons. The smallest absolute Gasteiger partial charge is 0.285 e. The van der Waals surface area contributed by atoms with Gasteiger partial charge < -0.3 is 9.30 Å². The highest BCUT2D eigenvalue weighted by atomic mass is 35.5. The molecule has 2 aromatic carbocycles. The average molecular weight is 454 g/mol. The van der Waals surface area contributed by atoms with Gasteiger partial charge in [0.1, 0.15) is 17.3 Å². The van der Waals surface area contributed by atoms with Crippen molar-refractivity contribution in [2.45, 2.75) is 11.8 Å². The Labute approximate surface area is 178 Å². The molecule has 29 heavy (non-hydrogen) atoms. The molecule has 0 atom stereocenters. The van der Waals surface area contributed by atoms with Crippen molar-refractivity contribution in [3.63, 3.8) is 0 Å². The molecule has 0 bridgehead atoms. The van der Waals surface area contributed by atoms with E-state index >= 15 is 0 Å². The van der Waals surface area contributed by atoms with E-state index in [1.807, 2.05) is 4.72 Å². The van der Waals surface area contributed by atoms with Crippen molar-refractivity contribution in [1.82, 2.24) is 14.3 Å². The van der Waals surface area contributed by atoms with Crippen LogP contribution in [-0.2, 0) is 17.1 Å². The highest BCUT2D eigenvalue weighted by molar-refractivity contribution is 7.90. The van der Waals surface area contributed by atoms with Gasteiger partial charge in [-0.1, -0.05) is 35.3 Å². The first-order chi connectivity index (χ1) is 13.6. The van der Waals surface area contributed by atoms with E-state index in [1.54, 1.807) is 48.9 Å². The third-order valence-electron chi connectivity index (χ3n) is 4.21. The fourth-order valence-corrected chi connectivity index (χ4v) is 4.34. The molecule has 0 aliphatic rings. The third kappa shape index (κ3) is 4.24. The summed E-state index contributed by atoms with van der Waals surface area (Å²) in [6.45, 7) is 1.62. The number of aromatic nitrogens is 2. The Balaban J connectivity index is 1.93. The third-order valence-corrected chi connectivity index (χ3v) is 6.51. The van der Waals surface area contributed by atoms with E-state index in [0.29, 0.717) is 27.7 Å². The predicted molar refractivity (Wildman–Crippen MR) is 111 cm³/mol. The van der Waals surface area contributed by atoms with Crippen LogP contribution in [0.25, 0.3) is 11.4 Å². The highest BCUT2D eigenvalue weighted by Gasteiger charge is 2.24. The van der Waals surface area contributed by atoms with Crippen molar-refractivity contribution in [2.75, 3.05) is 7.11 Å². The molecule has 0 saturated heterocycles. The summed E-state index contributed by atoms with van der Waals surface area (Å²) in [6.07, 6.45) is 1.41. The number of benzene rings is 2. The lowest BCUT2D eigenvalue weighted by Gasteiger charge is -2.10. The standard InChI is InChI=1S/C19H17Cl2N3O4S/c1-11-7-8-12(28-3)9-16(11)29(26,27)23-19(25)15-10-24(2)18(22-15)13-5-4-6-14(20)17(13)21/h4-10H,1-3H3,(H,23,25). The normalized spacial score (nSPS) is 11.3. The number of sulfonamides is 1. The van der Waals surface area contributed by atoms with Crippen LogP contribution in [0.5, 0.6) is 5.75 Å². The van der Waals surface area contributed by atoms with E-state index in [4.69, 9.17) is 27.9 Å². The van der Waals surface area contributed by atoms with Crippen LogP contribution >= 0.6 is 23.2 Å². The lowest BCUT2D eigenvalue weighted by molar-refractivity contribution is 0.0977. The summed E-state index contributed by atoms with van der Waals surface area (Å²) in [4.78, 5) is 16.8. The van der Waals surface area contributed by atoms with E-state index in [2.05, 4.69) is 4.98 Å². The number of rotatable bonds is 5.